The van der Waals surface area contributed by atoms with E-state index in [9.17, 15) is 13.2 Å². The van der Waals surface area contributed by atoms with Gasteiger partial charge in [-0.25, -0.2) is 8.42 Å². The van der Waals surface area contributed by atoms with Crippen molar-refractivity contribution < 1.29 is 13.2 Å². The Bertz CT molecular complexity index is 918. The van der Waals surface area contributed by atoms with Crippen LogP contribution in [0, 0.1) is 11.3 Å². The Morgan fingerprint density at radius 2 is 1.92 bits per heavy atom. The zero-order chi connectivity index (χ0) is 17.9. The lowest BCUT2D eigenvalue weighted by Gasteiger charge is -2.10. The number of sulfone groups is 1. The molecule has 2 N–H and O–H groups in total. The van der Waals surface area contributed by atoms with Crippen molar-refractivity contribution in [2.24, 2.45) is 0 Å². The van der Waals surface area contributed by atoms with Crippen LogP contribution in [0.25, 0.3) is 0 Å². The molecule has 1 fully saturated rings. The second-order valence-corrected chi connectivity index (χ2v) is 7.92. The van der Waals surface area contributed by atoms with Crippen molar-refractivity contribution in [3.8, 4) is 6.07 Å². The Kier molecular flexibility index (Phi) is 4.63. The summed E-state index contributed by atoms with van der Waals surface area (Å²) >= 11 is 0. The molecular formula is C16H15N5O3S. The maximum Gasteiger partial charge on any atom is 0.272 e. The largest absolute Gasteiger partial charge is 0.347 e. The Morgan fingerprint density at radius 1 is 1.16 bits per heavy atom. The Morgan fingerprint density at radius 3 is 2.48 bits per heavy atom. The molecule has 1 aliphatic rings. The highest BCUT2D eigenvalue weighted by molar-refractivity contribution is 7.91. The number of benzene rings is 1. The van der Waals surface area contributed by atoms with Gasteiger partial charge in [0, 0.05) is 11.7 Å². The summed E-state index contributed by atoms with van der Waals surface area (Å²) in [5.74, 6) is 0.0610. The minimum absolute atomic E-state index is 0.0372. The van der Waals surface area contributed by atoms with Crippen LogP contribution in [0.3, 0.4) is 0 Å². The minimum Gasteiger partial charge on any atom is -0.347 e. The molecule has 2 heterocycles. The molecule has 1 aliphatic heterocycles. The molecule has 1 saturated heterocycles. The third-order valence-corrected chi connectivity index (χ3v) is 5.52. The van der Waals surface area contributed by atoms with Gasteiger partial charge in [-0.15, -0.1) is 10.2 Å². The number of nitrogens with one attached hydrogen (secondary N) is 2. The number of anilines is 2. The molecule has 25 heavy (non-hydrogen) atoms. The second-order valence-electron chi connectivity index (χ2n) is 5.69. The van der Waals surface area contributed by atoms with E-state index < -0.39 is 15.7 Å². The van der Waals surface area contributed by atoms with Gasteiger partial charge in [0.1, 0.15) is 0 Å². The first kappa shape index (κ1) is 16.9. The van der Waals surface area contributed by atoms with Crippen LogP contribution in [0.5, 0.6) is 0 Å². The van der Waals surface area contributed by atoms with Crippen molar-refractivity contribution in [3.05, 3.63) is 47.7 Å². The van der Waals surface area contributed by atoms with Crippen LogP contribution >= 0.6 is 0 Å². The van der Waals surface area contributed by atoms with Gasteiger partial charge in [-0.1, -0.05) is 0 Å². The Labute approximate surface area is 144 Å². The fraction of sp³-hybridized carbons (Fsp3) is 0.250. The number of hydrogen-bond donors (Lipinski definition) is 2. The molecule has 1 aromatic heterocycles. The Balaban J connectivity index is 1.61. The van der Waals surface area contributed by atoms with E-state index in [1.165, 1.54) is 6.07 Å². The van der Waals surface area contributed by atoms with Gasteiger partial charge in [-0.3, -0.25) is 4.79 Å². The van der Waals surface area contributed by atoms with Crippen molar-refractivity contribution in [2.45, 2.75) is 12.5 Å². The number of aromatic nitrogens is 2. The van der Waals surface area contributed by atoms with Crippen molar-refractivity contribution >= 4 is 27.2 Å². The van der Waals surface area contributed by atoms with Gasteiger partial charge in [-0.05, 0) is 42.8 Å². The first-order chi connectivity index (χ1) is 11.9. The molecule has 1 unspecified atom stereocenters. The number of amides is 1. The lowest BCUT2D eigenvalue weighted by atomic mass is 10.2. The molecule has 9 heteroatoms. The number of rotatable bonds is 4. The standard InChI is InChI=1S/C16H15N5O3S/c17-9-11-1-3-12(4-2-11)18-15-6-5-14(20-21-15)16(22)19-13-7-8-25(23,24)10-13/h1-6,13H,7-8,10H2,(H,18,21)(H,19,22). The number of hydrogen-bond acceptors (Lipinski definition) is 7. The molecule has 2 aromatic rings. The van der Waals surface area contributed by atoms with E-state index in [1.807, 2.05) is 6.07 Å². The first-order valence-corrected chi connectivity index (χ1v) is 9.39. The normalized spacial score (nSPS) is 18.3. The fourth-order valence-corrected chi connectivity index (χ4v) is 4.14. The maximum atomic E-state index is 12.1. The smallest absolute Gasteiger partial charge is 0.272 e. The molecule has 3 rings (SSSR count). The average molecular weight is 357 g/mol. The zero-order valence-corrected chi connectivity index (χ0v) is 14.0. The van der Waals surface area contributed by atoms with E-state index in [4.69, 9.17) is 5.26 Å². The van der Waals surface area contributed by atoms with E-state index in [0.717, 1.165) is 5.69 Å². The van der Waals surface area contributed by atoms with Crippen LogP contribution in [-0.2, 0) is 9.84 Å². The lowest BCUT2D eigenvalue weighted by Crippen LogP contribution is -2.36. The predicted octanol–water partition coefficient (Wildman–Crippen LogP) is 1.01. The van der Waals surface area contributed by atoms with E-state index in [2.05, 4.69) is 20.8 Å². The highest BCUT2D eigenvalue weighted by Crippen LogP contribution is 2.15. The van der Waals surface area contributed by atoms with E-state index in [0.29, 0.717) is 17.8 Å². The molecule has 0 aliphatic carbocycles. The molecule has 0 spiro atoms. The molecule has 0 bridgehead atoms. The van der Waals surface area contributed by atoms with Gasteiger partial charge < -0.3 is 10.6 Å². The summed E-state index contributed by atoms with van der Waals surface area (Å²) < 4.78 is 22.8. The topological polar surface area (TPSA) is 125 Å². The number of carbonyl (C=O) groups excluding carboxylic acids is 1. The SMILES string of the molecule is N#Cc1ccc(Nc2ccc(C(=O)NC3CCS(=O)(=O)C3)nn2)cc1. The summed E-state index contributed by atoms with van der Waals surface area (Å²) in [7, 11) is -3.05. The molecule has 8 nitrogen and oxygen atoms in total. The molecular weight excluding hydrogens is 342 g/mol. The summed E-state index contributed by atoms with van der Waals surface area (Å²) in [6.45, 7) is 0. The van der Waals surface area contributed by atoms with Crippen molar-refractivity contribution in [1.82, 2.24) is 15.5 Å². The number of nitrogens with zero attached hydrogens (tertiary/aromatic N) is 3. The summed E-state index contributed by atoms with van der Waals surface area (Å²) in [4.78, 5) is 12.1. The summed E-state index contributed by atoms with van der Waals surface area (Å²) in [6.07, 6.45) is 0.417. The van der Waals surface area contributed by atoms with Gasteiger partial charge in [0.2, 0.25) is 0 Å². The predicted molar refractivity (Wildman–Crippen MR) is 91.0 cm³/mol. The van der Waals surface area contributed by atoms with Crippen molar-refractivity contribution in [3.63, 3.8) is 0 Å². The van der Waals surface area contributed by atoms with Crippen LogP contribution in [-0.4, -0.2) is 42.1 Å². The van der Waals surface area contributed by atoms with E-state index in [1.54, 1.807) is 30.3 Å². The quantitative estimate of drug-likeness (QED) is 0.836. The van der Waals surface area contributed by atoms with Crippen LogP contribution in [0.1, 0.15) is 22.5 Å². The molecule has 0 saturated carbocycles. The first-order valence-electron chi connectivity index (χ1n) is 7.57. The summed E-state index contributed by atoms with van der Waals surface area (Å²) in [5, 5.41) is 22.2. The maximum absolute atomic E-state index is 12.1. The highest BCUT2D eigenvalue weighted by Gasteiger charge is 2.29. The van der Waals surface area contributed by atoms with Crippen molar-refractivity contribution in [1.29, 1.82) is 5.26 Å². The molecule has 1 atom stereocenters. The van der Waals surface area contributed by atoms with Gasteiger partial charge in [0.05, 0.1) is 23.1 Å². The van der Waals surface area contributed by atoms with E-state index >= 15 is 0 Å². The van der Waals surface area contributed by atoms with Gasteiger partial charge >= 0.3 is 0 Å². The summed E-state index contributed by atoms with van der Waals surface area (Å²) in [6, 6.07) is 11.6. The van der Waals surface area contributed by atoms with Gasteiger partial charge in [-0.2, -0.15) is 5.26 Å². The fourth-order valence-electron chi connectivity index (χ4n) is 2.46. The van der Waals surface area contributed by atoms with Gasteiger partial charge in [0.25, 0.3) is 5.91 Å². The summed E-state index contributed by atoms with van der Waals surface area (Å²) in [5.41, 5.74) is 1.41. The van der Waals surface area contributed by atoms with Crippen LogP contribution in [0.15, 0.2) is 36.4 Å². The third-order valence-electron chi connectivity index (χ3n) is 3.75. The van der Waals surface area contributed by atoms with Crippen LogP contribution in [0.2, 0.25) is 0 Å². The molecule has 1 aromatic carbocycles. The number of carbonyl (C=O) groups is 1. The van der Waals surface area contributed by atoms with E-state index in [-0.39, 0.29) is 23.2 Å². The molecule has 128 valence electrons. The van der Waals surface area contributed by atoms with Crippen LogP contribution < -0.4 is 10.6 Å². The average Bonchev–Trinajstić information content (AvgIpc) is 2.94. The second kappa shape index (κ2) is 6.86. The molecule has 0 radical (unpaired) electrons. The molecule has 1 amide bonds. The van der Waals surface area contributed by atoms with Crippen molar-refractivity contribution in [2.75, 3.05) is 16.8 Å². The monoisotopic (exact) mass is 357 g/mol. The Hall–Kier alpha value is -2.99. The minimum atomic E-state index is -3.05. The zero-order valence-electron chi connectivity index (χ0n) is 13.1. The number of nitriles is 1. The lowest BCUT2D eigenvalue weighted by molar-refractivity contribution is 0.0935. The van der Waals surface area contributed by atoms with Gasteiger partial charge in [0.15, 0.2) is 21.3 Å². The van der Waals surface area contributed by atoms with Crippen LogP contribution in [0.4, 0.5) is 11.5 Å². The third kappa shape index (κ3) is 4.30. The highest BCUT2D eigenvalue weighted by atomic mass is 32.2.